The summed E-state index contributed by atoms with van der Waals surface area (Å²) in [6.07, 6.45) is 4.13. The van der Waals surface area contributed by atoms with Crippen LogP contribution in [-0.2, 0) is 22.6 Å². The Bertz CT molecular complexity index is 701. The Morgan fingerprint density at radius 3 is 2.92 bits per heavy atom. The predicted octanol–water partition coefficient (Wildman–Crippen LogP) is 2.74. The molecule has 5 nitrogen and oxygen atoms in total. The number of ether oxygens (including phenoxy) is 2. The maximum atomic E-state index is 6.32. The molecule has 1 aromatic carbocycles. The minimum atomic E-state index is -0.156. The van der Waals surface area contributed by atoms with Crippen molar-refractivity contribution in [3.8, 4) is 0 Å². The quantitative estimate of drug-likeness (QED) is 0.838. The summed E-state index contributed by atoms with van der Waals surface area (Å²) in [6, 6.07) is 12.4. The summed E-state index contributed by atoms with van der Waals surface area (Å²) in [5, 5.41) is 0. The first-order valence-electron chi connectivity index (χ1n) is 9.04. The third kappa shape index (κ3) is 3.73. The molecular weight excluding hydrogens is 314 g/mol. The van der Waals surface area contributed by atoms with Crippen molar-refractivity contribution in [3.63, 3.8) is 0 Å². The van der Waals surface area contributed by atoms with Gasteiger partial charge in [-0.25, -0.2) is 9.97 Å². The van der Waals surface area contributed by atoms with Crippen LogP contribution in [0.25, 0.3) is 0 Å². The lowest BCUT2D eigenvalue weighted by atomic mass is 9.96. The summed E-state index contributed by atoms with van der Waals surface area (Å²) in [7, 11) is 0. The maximum absolute atomic E-state index is 6.32. The van der Waals surface area contributed by atoms with Crippen LogP contribution in [0.15, 0.2) is 42.6 Å². The molecule has 0 aliphatic carbocycles. The molecule has 2 aliphatic rings. The van der Waals surface area contributed by atoms with Crippen LogP contribution >= 0.6 is 0 Å². The topological polar surface area (TPSA) is 47.5 Å². The fourth-order valence-electron chi connectivity index (χ4n) is 3.96. The molecule has 0 saturated carbocycles. The van der Waals surface area contributed by atoms with Crippen LogP contribution in [0.5, 0.6) is 0 Å². The van der Waals surface area contributed by atoms with E-state index in [0.717, 1.165) is 50.6 Å². The summed E-state index contributed by atoms with van der Waals surface area (Å²) in [5.74, 6) is 0.820. The molecule has 0 amide bonds. The van der Waals surface area contributed by atoms with Gasteiger partial charge in [0, 0.05) is 32.4 Å². The normalized spacial score (nSPS) is 26.5. The number of aryl methyl sites for hydroxylation is 1. The molecule has 1 aromatic heterocycles. The molecule has 4 rings (SSSR count). The number of rotatable bonds is 5. The highest BCUT2D eigenvalue weighted by molar-refractivity contribution is 5.14. The molecule has 2 aliphatic heterocycles. The van der Waals surface area contributed by atoms with Crippen LogP contribution in [0, 0.1) is 6.92 Å². The molecule has 1 spiro atoms. The van der Waals surface area contributed by atoms with E-state index in [-0.39, 0.29) is 11.7 Å². The zero-order valence-corrected chi connectivity index (χ0v) is 14.7. The van der Waals surface area contributed by atoms with E-state index >= 15 is 0 Å². The molecule has 2 aromatic rings. The Hall–Kier alpha value is -1.82. The van der Waals surface area contributed by atoms with Crippen molar-refractivity contribution in [1.29, 1.82) is 0 Å². The molecule has 2 saturated heterocycles. The van der Waals surface area contributed by atoms with E-state index in [1.54, 1.807) is 0 Å². The van der Waals surface area contributed by atoms with Gasteiger partial charge in [-0.05, 0) is 31.4 Å². The highest BCUT2D eigenvalue weighted by Gasteiger charge is 2.50. The van der Waals surface area contributed by atoms with Gasteiger partial charge in [0.05, 0.1) is 12.3 Å². The molecule has 132 valence electrons. The van der Waals surface area contributed by atoms with Gasteiger partial charge in [-0.1, -0.05) is 30.3 Å². The van der Waals surface area contributed by atoms with Gasteiger partial charge in [0.1, 0.15) is 17.5 Å². The number of benzene rings is 1. The predicted molar refractivity (Wildman–Crippen MR) is 95.0 cm³/mol. The van der Waals surface area contributed by atoms with Crippen molar-refractivity contribution >= 4 is 0 Å². The third-order valence-electron chi connectivity index (χ3n) is 5.15. The zero-order chi connectivity index (χ0) is 17.1. The van der Waals surface area contributed by atoms with E-state index in [4.69, 9.17) is 9.47 Å². The molecule has 0 radical (unpaired) electrons. The zero-order valence-electron chi connectivity index (χ0n) is 14.7. The van der Waals surface area contributed by atoms with Crippen molar-refractivity contribution in [1.82, 2.24) is 14.9 Å². The molecular formula is C20H25N3O2. The lowest BCUT2D eigenvalue weighted by molar-refractivity contribution is -0.0959. The average molecular weight is 339 g/mol. The van der Waals surface area contributed by atoms with Crippen LogP contribution in [-0.4, -0.2) is 46.3 Å². The first kappa shape index (κ1) is 16.6. The minimum absolute atomic E-state index is 0.109. The van der Waals surface area contributed by atoms with Gasteiger partial charge in [0.15, 0.2) is 0 Å². The number of aromatic nitrogens is 2. The highest BCUT2D eigenvalue weighted by atomic mass is 16.6. The standard InChI is InChI=1S/C20H25N3O2/c1-16-21-10-8-18(22-16)12-23-13-19(20(15-23)9-5-11-25-20)24-14-17-6-3-2-4-7-17/h2-4,6-8,10,19H,5,9,11-15H2,1H3/t19-,20-/m0/s1. The second-order valence-electron chi connectivity index (χ2n) is 7.07. The van der Waals surface area contributed by atoms with Crippen molar-refractivity contribution in [2.24, 2.45) is 0 Å². The largest absolute Gasteiger partial charge is 0.371 e. The van der Waals surface area contributed by atoms with Crippen molar-refractivity contribution in [3.05, 3.63) is 59.7 Å². The van der Waals surface area contributed by atoms with Crippen molar-refractivity contribution in [2.75, 3.05) is 19.7 Å². The van der Waals surface area contributed by atoms with Crippen molar-refractivity contribution < 1.29 is 9.47 Å². The van der Waals surface area contributed by atoms with Gasteiger partial charge in [0.2, 0.25) is 0 Å². The smallest absolute Gasteiger partial charge is 0.125 e. The van der Waals surface area contributed by atoms with E-state index in [2.05, 4.69) is 39.1 Å². The van der Waals surface area contributed by atoms with Gasteiger partial charge in [-0.15, -0.1) is 0 Å². The second-order valence-corrected chi connectivity index (χ2v) is 7.07. The molecule has 25 heavy (non-hydrogen) atoms. The number of hydrogen-bond donors (Lipinski definition) is 0. The summed E-state index contributed by atoms with van der Waals surface area (Å²) in [6.45, 7) is 6.02. The van der Waals surface area contributed by atoms with E-state index in [9.17, 15) is 0 Å². The SMILES string of the molecule is Cc1nccc(CN2C[C@H](OCc3ccccc3)[C@]3(CCCO3)C2)n1. The first-order chi connectivity index (χ1) is 12.2. The molecule has 0 bridgehead atoms. The summed E-state index contributed by atoms with van der Waals surface area (Å²) >= 11 is 0. The first-order valence-corrected chi connectivity index (χ1v) is 9.04. The van der Waals surface area contributed by atoms with Gasteiger partial charge in [-0.2, -0.15) is 0 Å². The van der Waals surface area contributed by atoms with E-state index in [1.165, 1.54) is 5.56 Å². The Balaban J connectivity index is 1.44. The molecule has 0 unspecified atom stereocenters. The second kappa shape index (κ2) is 7.20. The van der Waals surface area contributed by atoms with Crippen molar-refractivity contribution in [2.45, 2.75) is 44.6 Å². The maximum Gasteiger partial charge on any atom is 0.125 e. The minimum Gasteiger partial charge on any atom is -0.371 e. The van der Waals surface area contributed by atoms with Crippen LogP contribution in [0.1, 0.15) is 29.9 Å². The summed E-state index contributed by atoms with van der Waals surface area (Å²) < 4.78 is 12.5. The van der Waals surface area contributed by atoms with E-state index in [1.807, 2.05) is 25.3 Å². The fraction of sp³-hybridized carbons (Fsp3) is 0.500. The molecule has 5 heteroatoms. The lowest BCUT2D eigenvalue weighted by Gasteiger charge is -2.29. The van der Waals surface area contributed by atoms with E-state index < -0.39 is 0 Å². The molecule has 2 atom stereocenters. The summed E-state index contributed by atoms with van der Waals surface area (Å²) in [4.78, 5) is 11.1. The van der Waals surface area contributed by atoms with E-state index in [0.29, 0.717) is 6.61 Å². The van der Waals surface area contributed by atoms with Gasteiger partial charge in [0.25, 0.3) is 0 Å². The average Bonchev–Trinajstić information content (AvgIpc) is 3.22. The number of likely N-dealkylation sites (tertiary alicyclic amines) is 1. The number of hydrogen-bond acceptors (Lipinski definition) is 5. The summed E-state index contributed by atoms with van der Waals surface area (Å²) in [5.41, 5.74) is 2.11. The third-order valence-corrected chi connectivity index (χ3v) is 5.15. The Morgan fingerprint density at radius 1 is 1.28 bits per heavy atom. The van der Waals surface area contributed by atoms with Crippen LogP contribution in [0.2, 0.25) is 0 Å². The Morgan fingerprint density at radius 2 is 2.16 bits per heavy atom. The monoisotopic (exact) mass is 339 g/mol. The van der Waals surface area contributed by atoms with Crippen LogP contribution in [0.3, 0.4) is 0 Å². The molecule has 2 fully saturated rings. The van der Waals surface area contributed by atoms with Crippen LogP contribution in [0.4, 0.5) is 0 Å². The fourth-order valence-corrected chi connectivity index (χ4v) is 3.96. The molecule has 0 N–H and O–H groups in total. The molecule has 3 heterocycles. The van der Waals surface area contributed by atoms with Crippen LogP contribution < -0.4 is 0 Å². The Kier molecular flexibility index (Phi) is 4.79. The van der Waals surface area contributed by atoms with Gasteiger partial charge < -0.3 is 9.47 Å². The highest BCUT2D eigenvalue weighted by Crippen LogP contribution is 2.37. The number of nitrogens with zero attached hydrogens (tertiary/aromatic N) is 3. The Labute approximate surface area is 149 Å². The van der Waals surface area contributed by atoms with Gasteiger partial charge >= 0.3 is 0 Å². The lowest BCUT2D eigenvalue weighted by Crippen LogP contribution is -2.42. The van der Waals surface area contributed by atoms with Gasteiger partial charge in [-0.3, -0.25) is 4.90 Å².